The van der Waals surface area contributed by atoms with Gasteiger partial charge < -0.3 is 19.7 Å². The van der Waals surface area contributed by atoms with Crippen LogP contribution in [0.4, 0.5) is 4.79 Å². The third kappa shape index (κ3) is 5.06. The highest BCUT2D eigenvalue weighted by Gasteiger charge is 2.13. The molecule has 9 heteroatoms. The number of nitrogens with one attached hydrogen (secondary N) is 1. The monoisotopic (exact) mass is 347 g/mol. The van der Waals surface area contributed by atoms with Crippen molar-refractivity contribution in [1.29, 1.82) is 0 Å². The summed E-state index contributed by atoms with van der Waals surface area (Å²) in [6, 6.07) is 5.26. The van der Waals surface area contributed by atoms with Gasteiger partial charge in [0.05, 0.1) is 16.8 Å². The number of aryl methyl sites for hydroxylation is 2. The van der Waals surface area contributed by atoms with Crippen molar-refractivity contribution in [3.8, 4) is 5.75 Å². The summed E-state index contributed by atoms with van der Waals surface area (Å²) < 4.78 is 15.5. The smallest absolute Gasteiger partial charge is 0.338 e. The average molecular weight is 347 g/mol. The summed E-state index contributed by atoms with van der Waals surface area (Å²) >= 11 is 0. The number of ether oxygens (including phenoxy) is 2. The average Bonchev–Trinajstić information content (AvgIpc) is 2.88. The number of primary amides is 1. The van der Waals surface area contributed by atoms with Crippen LogP contribution in [0.2, 0.25) is 0 Å². The van der Waals surface area contributed by atoms with Gasteiger partial charge in [0.1, 0.15) is 18.1 Å². The van der Waals surface area contributed by atoms with Crippen molar-refractivity contribution in [2.24, 2.45) is 5.73 Å². The Bertz CT molecular complexity index is 779. The SMILES string of the molecule is Cc1noc(C)c1COc1cccc(C(=O)OCC(=O)NC(N)=O)c1. The first-order valence-electron chi connectivity index (χ1n) is 7.28. The second-order valence-electron chi connectivity index (χ2n) is 5.11. The maximum atomic E-state index is 11.9. The summed E-state index contributed by atoms with van der Waals surface area (Å²) in [5.41, 5.74) is 6.54. The quantitative estimate of drug-likeness (QED) is 0.750. The van der Waals surface area contributed by atoms with Gasteiger partial charge in [-0.3, -0.25) is 10.1 Å². The number of benzene rings is 1. The van der Waals surface area contributed by atoms with Crippen LogP contribution >= 0.6 is 0 Å². The van der Waals surface area contributed by atoms with Crippen LogP contribution in [-0.2, 0) is 16.1 Å². The second-order valence-corrected chi connectivity index (χ2v) is 5.11. The van der Waals surface area contributed by atoms with Crippen LogP contribution in [0.1, 0.15) is 27.4 Å². The number of hydrogen-bond acceptors (Lipinski definition) is 7. The molecule has 3 N–H and O–H groups in total. The van der Waals surface area contributed by atoms with Gasteiger partial charge in [0.15, 0.2) is 6.61 Å². The van der Waals surface area contributed by atoms with Gasteiger partial charge in [-0.25, -0.2) is 9.59 Å². The molecule has 0 aliphatic heterocycles. The molecule has 0 fully saturated rings. The molecule has 0 radical (unpaired) electrons. The van der Waals surface area contributed by atoms with E-state index in [1.165, 1.54) is 12.1 Å². The first-order chi connectivity index (χ1) is 11.9. The van der Waals surface area contributed by atoms with Crippen molar-refractivity contribution in [2.45, 2.75) is 20.5 Å². The molecular weight excluding hydrogens is 330 g/mol. The number of aromatic nitrogens is 1. The number of imide groups is 1. The van der Waals surface area contributed by atoms with Gasteiger partial charge in [-0.15, -0.1) is 0 Å². The zero-order chi connectivity index (χ0) is 18.4. The topological polar surface area (TPSA) is 134 Å². The lowest BCUT2D eigenvalue weighted by molar-refractivity contribution is -0.123. The Labute approximate surface area is 143 Å². The summed E-state index contributed by atoms with van der Waals surface area (Å²) in [5.74, 6) is -0.446. The van der Waals surface area contributed by atoms with Crippen molar-refractivity contribution in [1.82, 2.24) is 10.5 Å². The van der Waals surface area contributed by atoms with E-state index in [1.807, 2.05) is 0 Å². The molecule has 0 saturated carbocycles. The largest absolute Gasteiger partial charge is 0.489 e. The number of carbonyl (C=O) groups is 3. The van der Waals surface area contributed by atoms with Gasteiger partial charge in [0.2, 0.25) is 0 Å². The lowest BCUT2D eigenvalue weighted by atomic mass is 10.2. The zero-order valence-electron chi connectivity index (χ0n) is 13.7. The van der Waals surface area contributed by atoms with E-state index in [1.54, 1.807) is 31.3 Å². The highest BCUT2D eigenvalue weighted by atomic mass is 16.5. The predicted molar refractivity (Wildman–Crippen MR) is 84.8 cm³/mol. The minimum absolute atomic E-state index is 0.197. The molecule has 0 spiro atoms. The molecule has 3 amide bonds. The van der Waals surface area contributed by atoms with Crippen molar-refractivity contribution in [2.75, 3.05) is 6.61 Å². The normalized spacial score (nSPS) is 10.2. The lowest BCUT2D eigenvalue weighted by Crippen LogP contribution is -2.37. The van der Waals surface area contributed by atoms with E-state index in [9.17, 15) is 14.4 Å². The van der Waals surface area contributed by atoms with Crippen molar-refractivity contribution in [3.05, 3.63) is 46.8 Å². The van der Waals surface area contributed by atoms with Gasteiger partial charge in [-0.1, -0.05) is 11.2 Å². The van der Waals surface area contributed by atoms with Crippen LogP contribution in [0.25, 0.3) is 0 Å². The maximum absolute atomic E-state index is 11.9. The third-order valence-electron chi connectivity index (χ3n) is 3.23. The van der Waals surface area contributed by atoms with Crippen LogP contribution in [0.5, 0.6) is 5.75 Å². The van der Waals surface area contributed by atoms with Crippen LogP contribution in [-0.4, -0.2) is 29.7 Å². The Morgan fingerprint density at radius 3 is 2.68 bits per heavy atom. The molecule has 25 heavy (non-hydrogen) atoms. The van der Waals surface area contributed by atoms with E-state index in [0.717, 1.165) is 11.3 Å². The van der Waals surface area contributed by atoms with E-state index in [0.29, 0.717) is 11.5 Å². The Balaban J connectivity index is 1.95. The fraction of sp³-hybridized carbons (Fsp3) is 0.250. The van der Waals surface area contributed by atoms with E-state index >= 15 is 0 Å². The molecule has 0 aliphatic carbocycles. The molecule has 1 heterocycles. The van der Waals surface area contributed by atoms with Gasteiger partial charge >= 0.3 is 12.0 Å². The molecule has 132 valence electrons. The molecule has 0 bridgehead atoms. The van der Waals surface area contributed by atoms with Crippen LogP contribution in [0.3, 0.4) is 0 Å². The number of carbonyl (C=O) groups excluding carboxylic acids is 3. The number of esters is 1. The van der Waals surface area contributed by atoms with Gasteiger partial charge in [0.25, 0.3) is 5.91 Å². The standard InChI is InChI=1S/C16H17N3O6/c1-9-13(10(2)25-19-9)7-23-12-5-3-4-11(6-12)15(21)24-8-14(20)18-16(17)22/h3-6H,7-8H2,1-2H3,(H3,17,18,20,22). The molecule has 2 aromatic rings. The number of amides is 3. The Hall–Kier alpha value is -3.36. The van der Waals surface area contributed by atoms with Crippen molar-refractivity contribution < 1.29 is 28.4 Å². The Morgan fingerprint density at radius 1 is 1.28 bits per heavy atom. The van der Waals surface area contributed by atoms with Crippen LogP contribution in [0, 0.1) is 13.8 Å². The Kier molecular flexibility index (Phi) is 5.72. The van der Waals surface area contributed by atoms with Gasteiger partial charge in [-0.05, 0) is 32.0 Å². The first-order valence-corrected chi connectivity index (χ1v) is 7.28. The summed E-state index contributed by atoms with van der Waals surface area (Å²) in [4.78, 5) is 33.7. The third-order valence-corrected chi connectivity index (χ3v) is 3.23. The molecule has 1 aromatic carbocycles. The fourth-order valence-corrected chi connectivity index (χ4v) is 1.96. The summed E-state index contributed by atoms with van der Waals surface area (Å²) in [6.07, 6.45) is 0. The number of nitrogens with two attached hydrogens (primary N) is 1. The molecule has 0 aliphatic rings. The molecule has 0 unspecified atom stereocenters. The molecular formula is C16H17N3O6. The first kappa shape index (κ1) is 18.0. The summed E-state index contributed by atoms with van der Waals surface area (Å²) in [7, 11) is 0. The highest BCUT2D eigenvalue weighted by molar-refractivity contribution is 5.96. The van der Waals surface area contributed by atoms with Gasteiger partial charge in [-0.2, -0.15) is 0 Å². The molecule has 9 nitrogen and oxygen atoms in total. The predicted octanol–water partition coefficient (Wildman–Crippen LogP) is 1.22. The van der Waals surface area contributed by atoms with Crippen molar-refractivity contribution in [3.63, 3.8) is 0 Å². The number of rotatable bonds is 6. The van der Waals surface area contributed by atoms with E-state index in [-0.39, 0.29) is 12.2 Å². The maximum Gasteiger partial charge on any atom is 0.338 e. The summed E-state index contributed by atoms with van der Waals surface area (Å²) in [6.45, 7) is 3.20. The van der Waals surface area contributed by atoms with Crippen LogP contribution < -0.4 is 15.8 Å². The Morgan fingerprint density at radius 2 is 2.04 bits per heavy atom. The number of urea groups is 1. The molecule has 1 aromatic heterocycles. The number of hydrogen-bond donors (Lipinski definition) is 2. The van der Waals surface area contributed by atoms with E-state index in [2.05, 4.69) is 5.16 Å². The van der Waals surface area contributed by atoms with Gasteiger partial charge in [0, 0.05) is 0 Å². The minimum Gasteiger partial charge on any atom is -0.489 e. The summed E-state index contributed by atoms with van der Waals surface area (Å²) in [5, 5.41) is 5.63. The minimum atomic E-state index is -1.02. The highest BCUT2D eigenvalue weighted by Crippen LogP contribution is 2.18. The van der Waals surface area contributed by atoms with Crippen molar-refractivity contribution >= 4 is 17.9 Å². The van der Waals surface area contributed by atoms with E-state index < -0.39 is 24.5 Å². The molecule has 0 saturated heterocycles. The molecule has 2 rings (SSSR count). The van der Waals surface area contributed by atoms with Crippen LogP contribution in [0.15, 0.2) is 28.8 Å². The lowest BCUT2D eigenvalue weighted by Gasteiger charge is -2.08. The molecule has 0 atom stereocenters. The second kappa shape index (κ2) is 7.95. The fourth-order valence-electron chi connectivity index (χ4n) is 1.96. The zero-order valence-corrected chi connectivity index (χ0v) is 13.7. The number of nitrogens with zero attached hydrogens (tertiary/aromatic N) is 1. The van der Waals surface area contributed by atoms with E-state index in [4.69, 9.17) is 19.7 Å².